The first-order valence-corrected chi connectivity index (χ1v) is 7.84. The second kappa shape index (κ2) is 6.85. The lowest BCUT2D eigenvalue weighted by Gasteiger charge is -2.33. The minimum Gasteiger partial charge on any atom is -0.323 e. The molecule has 1 fully saturated rings. The average molecular weight is 298 g/mol. The Balaban J connectivity index is 1.62. The van der Waals surface area contributed by atoms with Gasteiger partial charge >= 0.3 is 0 Å². The summed E-state index contributed by atoms with van der Waals surface area (Å²) in [5, 5.41) is 4.04. The number of fused-ring (bicyclic) bond motifs is 1. The number of nitrogens with one attached hydrogen (secondary N) is 1. The van der Waals surface area contributed by atoms with Crippen molar-refractivity contribution in [2.24, 2.45) is 0 Å². The Morgan fingerprint density at radius 2 is 1.86 bits per heavy atom. The standard InChI is InChI=1S/C17H22N4O/c1-2-20-9-11-21(12-10-20)13-16(22)19-15-7-3-5-14-6-4-8-18-17(14)15/h3-8H,2,9-13H2,1H3,(H,19,22). The number of aromatic nitrogens is 1. The van der Waals surface area contributed by atoms with Gasteiger partial charge < -0.3 is 10.2 Å². The zero-order chi connectivity index (χ0) is 15.4. The Bertz CT molecular complexity index is 645. The lowest BCUT2D eigenvalue weighted by atomic mass is 10.2. The van der Waals surface area contributed by atoms with Crippen LogP contribution in [0.3, 0.4) is 0 Å². The van der Waals surface area contributed by atoms with Crippen LogP contribution in [0.5, 0.6) is 0 Å². The van der Waals surface area contributed by atoms with Crippen LogP contribution in [0.25, 0.3) is 10.9 Å². The van der Waals surface area contributed by atoms with E-state index in [2.05, 4.69) is 27.0 Å². The Kier molecular flexibility index (Phi) is 4.65. The highest BCUT2D eigenvalue weighted by Gasteiger charge is 2.18. The van der Waals surface area contributed by atoms with Crippen LogP contribution in [0, 0.1) is 0 Å². The number of pyridine rings is 1. The van der Waals surface area contributed by atoms with Crippen molar-refractivity contribution in [3.05, 3.63) is 36.5 Å². The molecule has 0 saturated carbocycles. The monoisotopic (exact) mass is 298 g/mol. The quantitative estimate of drug-likeness (QED) is 0.935. The van der Waals surface area contributed by atoms with E-state index in [9.17, 15) is 4.79 Å². The van der Waals surface area contributed by atoms with Crippen LogP contribution in [0.1, 0.15) is 6.92 Å². The molecule has 0 spiro atoms. The second-order valence-electron chi connectivity index (χ2n) is 5.64. The zero-order valence-corrected chi connectivity index (χ0v) is 13.0. The molecule has 5 heteroatoms. The van der Waals surface area contributed by atoms with Crippen LogP contribution >= 0.6 is 0 Å². The maximum Gasteiger partial charge on any atom is 0.238 e. The first-order valence-electron chi connectivity index (χ1n) is 7.84. The summed E-state index contributed by atoms with van der Waals surface area (Å²) in [5.41, 5.74) is 1.63. The summed E-state index contributed by atoms with van der Waals surface area (Å²) < 4.78 is 0. The molecule has 2 aromatic rings. The Hall–Kier alpha value is -1.98. The van der Waals surface area contributed by atoms with Crippen LogP contribution in [0.15, 0.2) is 36.5 Å². The molecule has 0 bridgehead atoms. The molecular formula is C17H22N4O. The van der Waals surface area contributed by atoms with E-state index in [1.807, 2.05) is 30.3 Å². The number of hydrogen-bond donors (Lipinski definition) is 1. The van der Waals surface area contributed by atoms with Crippen molar-refractivity contribution < 1.29 is 4.79 Å². The topological polar surface area (TPSA) is 48.5 Å². The van der Waals surface area contributed by atoms with Crippen molar-refractivity contribution in [3.63, 3.8) is 0 Å². The number of nitrogens with zero attached hydrogens (tertiary/aromatic N) is 3. The minimum atomic E-state index is 0.0306. The highest BCUT2D eigenvalue weighted by atomic mass is 16.2. The van der Waals surface area contributed by atoms with Crippen LogP contribution in [-0.2, 0) is 4.79 Å². The number of anilines is 1. The van der Waals surface area contributed by atoms with Gasteiger partial charge in [0.15, 0.2) is 0 Å². The van der Waals surface area contributed by atoms with Gasteiger partial charge in [0.2, 0.25) is 5.91 Å². The van der Waals surface area contributed by atoms with Crippen LogP contribution < -0.4 is 5.32 Å². The Labute approximate surface area is 130 Å². The highest BCUT2D eigenvalue weighted by molar-refractivity contribution is 6.00. The van der Waals surface area contributed by atoms with Crippen LogP contribution in [-0.4, -0.2) is 60.0 Å². The third-order valence-electron chi connectivity index (χ3n) is 4.19. The van der Waals surface area contributed by atoms with Gasteiger partial charge in [-0.15, -0.1) is 0 Å². The molecule has 1 aromatic carbocycles. The SMILES string of the molecule is CCN1CCN(CC(=O)Nc2cccc3cccnc23)CC1. The van der Waals surface area contributed by atoms with Crippen molar-refractivity contribution >= 4 is 22.5 Å². The van der Waals surface area contributed by atoms with Gasteiger partial charge in [0.1, 0.15) is 0 Å². The number of piperazine rings is 1. The molecule has 1 aromatic heterocycles. The molecule has 0 unspecified atom stereocenters. The number of benzene rings is 1. The molecule has 0 radical (unpaired) electrons. The van der Waals surface area contributed by atoms with Gasteiger partial charge in [0, 0.05) is 37.8 Å². The van der Waals surface area contributed by atoms with Gasteiger partial charge in [-0.3, -0.25) is 14.7 Å². The van der Waals surface area contributed by atoms with E-state index in [1.54, 1.807) is 6.20 Å². The highest BCUT2D eigenvalue weighted by Crippen LogP contribution is 2.20. The molecule has 2 heterocycles. The lowest BCUT2D eigenvalue weighted by molar-refractivity contribution is -0.117. The van der Waals surface area contributed by atoms with Crippen LogP contribution in [0.4, 0.5) is 5.69 Å². The van der Waals surface area contributed by atoms with Crippen molar-refractivity contribution in [1.82, 2.24) is 14.8 Å². The van der Waals surface area contributed by atoms with Gasteiger partial charge in [-0.2, -0.15) is 0 Å². The number of amides is 1. The predicted molar refractivity (Wildman–Crippen MR) is 88.9 cm³/mol. The smallest absolute Gasteiger partial charge is 0.238 e. The summed E-state index contributed by atoms with van der Waals surface area (Å²) in [4.78, 5) is 21.3. The molecule has 5 nitrogen and oxygen atoms in total. The van der Waals surface area contributed by atoms with Crippen molar-refractivity contribution in [2.75, 3.05) is 44.6 Å². The molecule has 0 atom stereocenters. The molecule has 1 N–H and O–H groups in total. The fourth-order valence-electron chi connectivity index (χ4n) is 2.86. The molecule has 22 heavy (non-hydrogen) atoms. The molecule has 1 saturated heterocycles. The fraction of sp³-hybridized carbons (Fsp3) is 0.412. The lowest BCUT2D eigenvalue weighted by Crippen LogP contribution is -2.48. The molecule has 1 aliphatic heterocycles. The number of carbonyl (C=O) groups excluding carboxylic acids is 1. The van der Waals surface area contributed by atoms with Gasteiger partial charge in [-0.1, -0.05) is 25.1 Å². The summed E-state index contributed by atoms with van der Waals surface area (Å²) in [6.45, 7) is 7.70. The molecular weight excluding hydrogens is 276 g/mol. The summed E-state index contributed by atoms with van der Waals surface area (Å²) >= 11 is 0. The summed E-state index contributed by atoms with van der Waals surface area (Å²) in [7, 11) is 0. The molecule has 116 valence electrons. The number of carbonyl (C=O) groups is 1. The maximum absolute atomic E-state index is 12.3. The number of hydrogen-bond acceptors (Lipinski definition) is 4. The summed E-state index contributed by atoms with van der Waals surface area (Å²) in [6, 6.07) is 9.76. The average Bonchev–Trinajstić information content (AvgIpc) is 2.56. The molecule has 3 rings (SSSR count). The minimum absolute atomic E-state index is 0.0306. The summed E-state index contributed by atoms with van der Waals surface area (Å²) in [5.74, 6) is 0.0306. The van der Waals surface area contributed by atoms with Crippen molar-refractivity contribution in [3.8, 4) is 0 Å². The van der Waals surface area contributed by atoms with Gasteiger partial charge in [-0.05, 0) is 18.7 Å². The van der Waals surface area contributed by atoms with Gasteiger partial charge in [0.25, 0.3) is 0 Å². The Morgan fingerprint density at radius 3 is 2.64 bits per heavy atom. The maximum atomic E-state index is 12.3. The van der Waals surface area contributed by atoms with E-state index in [1.165, 1.54) is 0 Å². The van der Waals surface area contributed by atoms with E-state index in [0.29, 0.717) is 6.54 Å². The van der Waals surface area contributed by atoms with Crippen molar-refractivity contribution in [2.45, 2.75) is 6.92 Å². The molecule has 0 aliphatic carbocycles. The number of likely N-dealkylation sites (N-methyl/N-ethyl adjacent to an activating group) is 1. The van der Waals surface area contributed by atoms with Gasteiger partial charge in [0.05, 0.1) is 17.7 Å². The normalized spacial score (nSPS) is 16.8. The number of para-hydroxylation sites is 1. The fourth-order valence-corrected chi connectivity index (χ4v) is 2.86. The van der Waals surface area contributed by atoms with Gasteiger partial charge in [-0.25, -0.2) is 0 Å². The summed E-state index contributed by atoms with van der Waals surface area (Å²) in [6.07, 6.45) is 1.75. The number of rotatable bonds is 4. The van der Waals surface area contributed by atoms with E-state index < -0.39 is 0 Å². The second-order valence-corrected chi connectivity index (χ2v) is 5.64. The predicted octanol–water partition coefficient (Wildman–Crippen LogP) is 1.81. The van der Waals surface area contributed by atoms with E-state index in [0.717, 1.165) is 49.3 Å². The largest absolute Gasteiger partial charge is 0.323 e. The third kappa shape index (κ3) is 3.43. The molecule has 1 aliphatic rings. The molecule has 1 amide bonds. The Morgan fingerprint density at radius 1 is 1.14 bits per heavy atom. The zero-order valence-electron chi connectivity index (χ0n) is 13.0. The van der Waals surface area contributed by atoms with Crippen molar-refractivity contribution in [1.29, 1.82) is 0 Å². The van der Waals surface area contributed by atoms with E-state index in [-0.39, 0.29) is 5.91 Å². The first-order chi connectivity index (χ1) is 10.8. The van der Waals surface area contributed by atoms with E-state index in [4.69, 9.17) is 0 Å². The first kappa shape index (κ1) is 14.9. The van der Waals surface area contributed by atoms with Crippen LogP contribution in [0.2, 0.25) is 0 Å². The van der Waals surface area contributed by atoms with E-state index >= 15 is 0 Å². The third-order valence-corrected chi connectivity index (χ3v) is 4.19.